The van der Waals surface area contributed by atoms with Crippen molar-refractivity contribution < 1.29 is 8.83 Å². The minimum atomic E-state index is 0.922. The fraction of sp³-hybridized carbons (Fsp3) is 0.0833. The second-order valence-corrected chi connectivity index (χ2v) is 9.68. The Bertz CT molecular complexity index is 1380. The fourth-order valence-electron chi connectivity index (χ4n) is 3.78. The Kier molecular flexibility index (Phi) is 3.37. The first-order chi connectivity index (χ1) is 13.7. The second-order valence-electron chi connectivity index (χ2n) is 7.10. The fourth-order valence-corrected chi connectivity index (χ4v) is 5.42. The first-order valence-corrected chi connectivity index (χ1v) is 10.8. The summed E-state index contributed by atoms with van der Waals surface area (Å²) in [6, 6.07) is 21.3. The maximum Gasteiger partial charge on any atom is 0.145 e. The predicted octanol–water partition coefficient (Wildman–Crippen LogP) is 8.41. The van der Waals surface area contributed by atoms with Gasteiger partial charge in [-0.1, -0.05) is 12.1 Å². The van der Waals surface area contributed by atoms with Crippen molar-refractivity contribution in [3.05, 3.63) is 70.4 Å². The van der Waals surface area contributed by atoms with Gasteiger partial charge in [-0.3, -0.25) is 0 Å². The molecule has 4 heterocycles. The molecular weight excluding hydrogens is 384 g/mol. The lowest BCUT2D eigenvalue weighted by atomic mass is 10.1. The predicted molar refractivity (Wildman–Crippen MR) is 120 cm³/mol. The van der Waals surface area contributed by atoms with Crippen molar-refractivity contribution in [3.63, 3.8) is 0 Å². The Morgan fingerprint density at radius 3 is 1.43 bits per heavy atom. The zero-order valence-electron chi connectivity index (χ0n) is 15.4. The average molecular weight is 401 g/mol. The molecule has 6 rings (SSSR count). The van der Waals surface area contributed by atoms with Gasteiger partial charge in [-0.05, 0) is 62.4 Å². The van der Waals surface area contributed by atoms with E-state index in [2.05, 4.69) is 74.5 Å². The molecule has 2 aromatic carbocycles. The average Bonchev–Trinajstić information content (AvgIpc) is 3.45. The van der Waals surface area contributed by atoms with Crippen LogP contribution in [0.15, 0.2) is 69.5 Å². The molecule has 0 atom stereocenters. The summed E-state index contributed by atoms with van der Waals surface area (Å²) >= 11 is 3.51. The SMILES string of the molecule is Cc1ccc(-c2cc3ccc4c(ccc5cc(-c6ccc(C)s6)oc54)c3o2)s1. The van der Waals surface area contributed by atoms with Gasteiger partial charge < -0.3 is 8.83 Å². The van der Waals surface area contributed by atoms with Crippen molar-refractivity contribution in [3.8, 4) is 21.3 Å². The molecule has 0 aliphatic heterocycles. The first kappa shape index (κ1) is 16.2. The van der Waals surface area contributed by atoms with E-state index in [-0.39, 0.29) is 0 Å². The maximum absolute atomic E-state index is 6.30. The topological polar surface area (TPSA) is 26.3 Å². The van der Waals surface area contributed by atoms with Crippen LogP contribution in [-0.2, 0) is 0 Å². The molecule has 2 nitrogen and oxygen atoms in total. The molecule has 0 aliphatic carbocycles. The monoisotopic (exact) mass is 400 g/mol. The van der Waals surface area contributed by atoms with Crippen LogP contribution in [0, 0.1) is 13.8 Å². The van der Waals surface area contributed by atoms with Gasteiger partial charge in [-0.15, -0.1) is 22.7 Å². The number of furan rings is 2. The molecule has 28 heavy (non-hydrogen) atoms. The van der Waals surface area contributed by atoms with E-state index in [0.29, 0.717) is 0 Å². The summed E-state index contributed by atoms with van der Waals surface area (Å²) in [4.78, 5) is 4.90. The third-order valence-electron chi connectivity index (χ3n) is 5.13. The zero-order valence-corrected chi connectivity index (χ0v) is 17.0. The van der Waals surface area contributed by atoms with E-state index in [4.69, 9.17) is 8.83 Å². The smallest absolute Gasteiger partial charge is 0.145 e. The van der Waals surface area contributed by atoms with Crippen LogP contribution in [0.5, 0.6) is 0 Å². The van der Waals surface area contributed by atoms with Crippen LogP contribution in [0.2, 0.25) is 0 Å². The van der Waals surface area contributed by atoms with E-state index in [1.807, 2.05) is 0 Å². The quantitative estimate of drug-likeness (QED) is 0.292. The van der Waals surface area contributed by atoms with Crippen LogP contribution in [0.25, 0.3) is 54.0 Å². The van der Waals surface area contributed by atoms with Crippen molar-refractivity contribution in [1.29, 1.82) is 0 Å². The van der Waals surface area contributed by atoms with E-state index in [1.54, 1.807) is 22.7 Å². The Morgan fingerprint density at radius 1 is 0.571 bits per heavy atom. The largest absolute Gasteiger partial charge is 0.455 e. The molecule has 0 saturated carbocycles. The van der Waals surface area contributed by atoms with Crippen LogP contribution >= 0.6 is 22.7 Å². The molecule has 0 aliphatic rings. The van der Waals surface area contributed by atoms with Gasteiger partial charge in [0.15, 0.2) is 0 Å². The van der Waals surface area contributed by atoms with Crippen molar-refractivity contribution in [2.24, 2.45) is 0 Å². The molecule has 0 fully saturated rings. The van der Waals surface area contributed by atoms with Crippen LogP contribution in [0.4, 0.5) is 0 Å². The third-order valence-corrected chi connectivity index (χ3v) is 7.16. The van der Waals surface area contributed by atoms with E-state index < -0.39 is 0 Å². The molecule has 4 aromatic heterocycles. The lowest BCUT2D eigenvalue weighted by molar-refractivity contribution is 0.633. The highest BCUT2D eigenvalue weighted by Gasteiger charge is 2.15. The van der Waals surface area contributed by atoms with Gasteiger partial charge in [0, 0.05) is 31.3 Å². The van der Waals surface area contributed by atoms with Crippen molar-refractivity contribution in [2.45, 2.75) is 13.8 Å². The highest BCUT2D eigenvalue weighted by molar-refractivity contribution is 7.15. The number of fused-ring (bicyclic) bond motifs is 5. The van der Waals surface area contributed by atoms with Crippen molar-refractivity contribution in [1.82, 2.24) is 0 Å². The van der Waals surface area contributed by atoms with Gasteiger partial charge in [-0.25, -0.2) is 0 Å². The highest BCUT2D eigenvalue weighted by atomic mass is 32.1. The van der Waals surface area contributed by atoms with Crippen LogP contribution in [0.3, 0.4) is 0 Å². The minimum Gasteiger partial charge on any atom is -0.455 e. The number of thiophene rings is 2. The van der Waals surface area contributed by atoms with Gasteiger partial charge in [0.2, 0.25) is 0 Å². The van der Waals surface area contributed by atoms with Gasteiger partial charge >= 0.3 is 0 Å². The van der Waals surface area contributed by atoms with Gasteiger partial charge in [0.25, 0.3) is 0 Å². The molecule has 0 amide bonds. The van der Waals surface area contributed by atoms with Crippen LogP contribution < -0.4 is 0 Å². The van der Waals surface area contributed by atoms with Crippen molar-refractivity contribution in [2.75, 3.05) is 0 Å². The summed E-state index contributed by atoms with van der Waals surface area (Å²) < 4.78 is 12.6. The molecule has 0 unspecified atom stereocenters. The van der Waals surface area contributed by atoms with Crippen molar-refractivity contribution >= 4 is 55.4 Å². The second kappa shape index (κ2) is 5.84. The third kappa shape index (κ3) is 2.38. The molecule has 0 bridgehead atoms. The number of aryl methyl sites for hydroxylation is 2. The van der Waals surface area contributed by atoms with Gasteiger partial charge in [0.1, 0.15) is 22.7 Å². The molecular formula is C24H16O2S2. The van der Waals surface area contributed by atoms with E-state index in [9.17, 15) is 0 Å². The molecule has 0 N–H and O–H groups in total. The molecule has 0 spiro atoms. The highest BCUT2D eigenvalue weighted by Crippen LogP contribution is 2.40. The minimum absolute atomic E-state index is 0.922. The van der Waals surface area contributed by atoms with Gasteiger partial charge in [-0.2, -0.15) is 0 Å². The Balaban J connectivity index is 1.58. The number of hydrogen-bond acceptors (Lipinski definition) is 4. The molecule has 4 heteroatoms. The number of hydrogen-bond donors (Lipinski definition) is 0. The standard InChI is InChI=1S/C24H16O2S2/c1-13-3-9-21(27-13)19-11-15-5-7-18-17(23(15)25-19)8-6-16-12-20(26-24(16)18)22-10-4-14(2)28-22/h3-12H,1-2H3. The normalized spacial score (nSPS) is 11.9. The summed E-state index contributed by atoms with van der Waals surface area (Å²) in [6.07, 6.45) is 0. The molecule has 0 radical (unpaired) electrons. The number of rotatable bonds is 2. The van der Waals surface area contributed by atoms with Crippen LogP contribution in [0.1, 0.15) is 9.75 Å². The van der Waals surface area contributed by atoms with E-state index in [0.717, 1.165) is 54.0 Å². The molecule has 6 aromatic rings. The maximum atomic E-state index is 6.30. The Morgan fingerprint density at radius 2 is 1.04 bits per heavy atom. The molecule has 0 saturated heterocycles. The van der Waals surface area contributed by atoms with Gasteiger partial charge in [0.05, 0.1) is 9.75 Å². The lowest BCUT2D eigenvalue weighted by Gasteiger charge is -1.99. The summed E-state index contributed by atoms with van der Waals surface area (Å²) in [5.74, 6) is 1.85. The van der Waals surface area contributed by atoms with E-state index >= 15 is 0 Å². The lowest BCUT2D eigenvalue weighted by Crippen LogP contribution is -1.74. The van der Waals surface area contributed by atoms with E-state index in [1.165, 1.54) is 9.75 Å². The Hall–Kier alpha value is -2.82. The zero-order chi connectivity index (χ0) is 18.8. The number of benzene rings is 2. The summed E-state index contributed by atoms with van der Waals surface area (Å²) in [5, 5.41) is 4.42. The first-order valence-electron chi connectivity index (χ1n) is 9.18. The molecule has 136 valence electrons. The summed E-state index contributed by atoms with van der Waals surface area (Å²) in [7, 11) is 0. The summed E-state index contributed by atoms with van der Waals surface area (Å²) in [5.41, 5.74) is 1.84. The van der Waals surface area contributed by atoms with Crippen LogP contribution in [-0.4, -0.2) is 0 Å². The summed E-state index contributed by atoms with van der Waals surface area (Å²) in [6.45, 7) is 4.24. The Labute approximate surface area is 169 Å².